The monoisotopic (exact) mass is 505 g/mol. The Morgan fingerprint density at radius 1 is 0.800 bits per heavy atom. The summed E-state index contributed by atoms with van der Waals surface area (Å²) in [5.41, 5.74) is -0.238. The maximum Gasteiger partial charge on any atom is 0.241 e. The summed E-state index contributed by atoms with van der Waals surface area (Å²) in [5.74, 6) is -4.80. The van der Waals surface area contributed by atoms with Gasteiger partial charge in [-0.05, 0) is 48.4 Å². The average molecular weight is 506 g/mol. The van der Waals surface area contributed by atoms with Gasteiger partial charge in [0.05, 0.1) is 23.6 Å². The number of halogens is 2. The van der Waals surface area contributed by atoms with Gasteiger partial charge in [0.1, 0.15) is 0 Å². The number of carbonyl (C=O) groups excluding carboxylic acids is 4. The lowest BCUT2D eigenvalue weighted by Gasteiger charge is -2.27. The van der Waals surface area contributed by atoms with Gasteiger partial charge in [0.15, 0.2) is 0 Å². The van der Waals surface area contributed by atoms with Crippen molar-refractivity contribution < 1.29 is 23.9 Å². The van der Waals surface area contributed by atoms with Crippen molar-refractivity contribution in [3.05, 3.63) is 99.0 Å². The zero-order valence-corrected chi connectivity index (χ0v) is 19.8. The van der Waals surface area contributed by atoms with Crippen LogP contribution in [0.15, 0.2) is 66.7 Å². The van der Waals surface area contributed by atoms with Gasteiger partial charge >= 0.3 is 0 Å². The number of Topliss-reactive ketones (excluding diaryl/α,β-unsaturated/α-hetero) is 2. The number of benzene rings is 3. The van der Waals surface area contributed by atoms with Gasteiger partial charge in [-0.1, -0.05) is 59.6 Å². The van der Waals surface area contributed by atoms with E-state index in [1.165, 1.54) is 0 Å². The summed E-state index contributed by atoms with van der Waals surface area (Å²) < 4.78 is 6.30. The molecule has 6 rings (SSSR count). The van der Waals surface area contributed by atoms with Crippen LogP contribution in [0.3, 0.4) is 0 Å². The summed E-state index contributed by atoms with van der Waals surface area (Å²) >= 11 is 12.4. The van der Waals surface area contributed by atoms with Gasteiger partial charge in [-0.2, -0.15) is 0 Å². The number of imide groups is 1. The van der Waals surface area contributed by atoms with Crippen LogP contribution >= 0.6 is 23.2 Å². The number of ether oxygens (including phenoxy) is 1. The molecule has 3 aromatic rings. The SMILES string of the molecule is Cc1c(Cl)cccc1[C@@H]1OC2(C(=O)c3ccccc3C2=O)[C@H]2C(=O)N(c3ccc(Cl)cc3)C(=O)[C@@H]12. The number of carbonyl (C=O) groups is 4. The van der Waals surface area contributed by atoms with Crippen LogP contribution in [-0.4, -0.2) is 29.0 Å². The first-order valence-corrected chi connectivity index (χ1v) is 11.8. The minimum absolute atomic E-state index is 0.185. The van der Waals surface area contributed by atoms with Gasteiger partial charge in [-0.3, -0.25) is 19.2 Å². The molecule has 6 nitrogen and oxygen atoms in total. The Kier molecular flexibility index (Phi) is 4.81. The van der Waals surface area contributed by atoms with Gasteiger partial charge in [-0.25, -0.2) is 4.90 Å². The number of hydrogen-bond acceptors (Lipinski definition) is 5. The van der Waals surface area contributed by atoms with Crippen molar-refractivity contribution >= 4 is 52.3 Å². The summed E-state index contributed by atoms with van der Waals surface area (Å²) in [6.07, 6.45) is -1.02. The van der Waals surface area contributed by atoms with Crippen LogP contribution in [-0.2, 0) is 14.3 Å². The van der Waals surface area contributed by atoms with E-state index in [0.717, 1.165) is 4.90 Å². The molecular weight excluding hydrogens is 489 g/mol. The smallest absolute Gasteiger partial charge is 0.241 e. The van der Waals surface area contributed by atoms with Crippen molar-refractivity contribution in [3.63, 3.8) is 0 Å². The van der Waals surface area contributed by atoms with Gasteiger partial charge < -0.3 is 4.74 Å². The van der Waals surface area contributed by atoms with E-state index in [-0.39, 0.29) is 11.1 Å². The standard InChI is InChI=1S/C27H17Cl2NO5/c1-13-16(7-4-8-19(13)29)22-20-21(26(34)30(25(20)33)15-11-9-14(28)10-12-15)27(35-22)23(31)17-5-2-3-6-18(17)24(27)32/h2-12,20-22H,1H3/t20-,21-,22+/m1/s1. The molecule has 0 N–H and O–H groups in total. The van der Waals surface area contributed by atoms with Crippen molar-refractivity contribution in [2.24, 2.45) is 11.8 Å². The Morgan fingerprint density at radius 2 is 1.43 bits per heavy atom. The zero-order valence-electron chi connectivity index (χ0n) is 18.3. The van der Waals surface area contributed by atoms with Crippen LogP contribution in [0.2, 0.25) is 10.0 Å². The minimum atomic E-state index is -2.12. The van der Waals surface area contributed by atoms with Gasteiger partial charge in [0, 0.05) is 21.2 Å². The highest BCUT2D eigenvalue weighted by molar-refractivity contribution is 6.37. The van der Waals surface area contributed by atoms with Gasteiger partial charge in [-0.15, -0.1) is 0 Å². The van der Waals surface area contributed by atoms with E-state index < -0.39 is 46.9 Å². The molecule has 3 aromatic carbocycles. The summed E-state index contributed by atoms with van der Waals surface area (Å²) in [6, 6.07) is 17.8. The largest absolute Gasteiger partial charge is 0.349 e. The summed E-state index contributed by atoms with van der Waals surface area (Å²) in [6.45, 7) is 1.77. The Morgan fingerprint density at radius 3 is 2.06 bits per heavy atom. The predicted molar refractivity (Wildman–Crippen MR) is 129 cm³/mol. The molecule has 174 valence electrons. The first kappa shape index (κ1) is 22.2. The van der Waals surface area contributed by atoms with E-state index in [2.05, 4.69) is 0 Å². The molecule has 3 atom stereocenters. The molecule has 35 heavy (non-hydrogen) atoms. The second-order valence-electron chi connectivity index (χ2n) is 8.92. The maximum atomic E-state index is 13.9. The molecule has 2 aliphatic heterocycles. The molecule has 3 aliphatic rings. The molecule has 2 amide bonds. The second kappa shape index (κ2) is 7.59. The first-order chi connectivity index (χ1) is 16.8. The van der Waals surface area contributed by atoms with Crippen molar-refractivity contribution in [2.75, 3.05) is 4.90 Å². The number of fused-ring (bicyclic) bond motifs is 3. The van der Waals surface area contributed by atoms with E-state index in [4.69, 9.17) is 27.9 Å². The molecule has 0 radical (unpaired) electrons. The lowest BCUT2D eigenvalue weighted by atomic mass is 9.77. The summed E-state index contributed by atoms with van der Waals surface area (Å²) in [4.78, 5) is 56.3. The fourth-order valence-corrected chi connectivity index (χ4v) is 5.88. The van der Waals surface area contributed by atoms with E-state index in [9.17, 15) is 19.2 Å². The van der Waals surface area contributed by atoms with E-state index in [1.807, 2.05) is 0 Å². The Bertz CT molecular complexity index is 1430. The molecule has 0 bridgehead atoms. The molecular formula is C27H17Cl2NO5. The van der Waals surface area contributed by atoms with Crippen LogP contribution < -0.4 is 4.90 Å². The molecule has 1 spiro atoms. The fraction of sp³-hybridized carbons (Fsp3) is 0.185. The summed E-state index contributed by atoms with van der Waals surface area (Å²) in [5, 5.41) is 0.888. The molecule has 1 aliphatic carbocycles. The predicted octanol–water partition coefficient (Wildman–Crippen LogP) is 5.00. The highest BCUT2D eigenvalue weighted by atomic mass is 35.5. The number of rotatable bonds is 2. The lowest BCUT2D eigenvalue weighted by Crippen LogP contribution is -2.51. The Hall–Kier alpha value is -3.32. The quantitative estimate of drug-likeness (QED) is 0.361. The molecule has 2 fully saturated rings. The Labute approximate surface area is 210 Å². The van der Waals surface area contributed by atoms with Crippen LogP contribution in [0.1, 0.15) is 37.9 Å². The second-order valence-corrected chi connectivity index (χ2v) is 9.77. The molecule has 0 unspecified atom stereocenters. The van der Waals surface area contributed by atoms with Gasteiger partial charge in [0.25, 0.3) is 0 Å². The number of amides is 2. The maximum absolute atomic E-state index is 13.9. The minimum Gasteiger partial charge on any atom is -0.349 e. The van der Waals surface area contributed by atoms with Crippen LogP contribution in [0, 0.1) is 18.8 Å². The topological polar surface area (TPSA) is 80.8 Å². The first-order valence-electron chi connectivity index (χ1n) is 11.0. The third-order valence-corrected chi connectivity index (χ3v) is 7.88. The van der Waals surface area contributed by atoms with Crippen molar-refractivity contribution in [1.29, 1.82) is 0 Å². The number of hydrogen-bond donors (Lipinski definition) is 0. The van der Waals surface area contributed by atoms with Crippen molar-refractivity contribution in [2.45, 2.75) is 18.6 Å². The Balaban J connectivity index is 1.57. The highest BCUT2D eigenvalue weighted by Crippen LogP contribution is 2.58. The van der Waals surface area contributed by atoms with E-state index in [0.29, 0.717) is 26.9 Å². The van der Waals surface area contributed by atoms with E-state index >= 15 is 0 Å². The molecule has 2 saturated heterocycles. The number of ketones is 2. The fourth-order valence-electron chi connectivity index (χ4n) is 5.58. The zero-order chi connectivity index (χ0) is 24.6. The highest BCUT2D eigenvalue weighted by Gasteiger charge is 2.74. The number of anilines is 1. The van der Waals surface area contributed by atoms with Crippen LogP contribution in [0.25, 0.3) is 0 Å². The summed E-state index contributed by atoms with van der Waals surface area (Å²) in [7, 11) is 0. The van der Waals surface area contributed by atoms with Gasteiger partial charge in [0.2, 0.25) is 29.0 Å². The normalized spacial score (nSPS) is 24.4. The lowest BCUT2D eigenvalue weighted by molar-refractivity contribution is -0.127. The van der Waals surface area contributed by atoms with Crippen LogP contribution in [0.4, 0.5) is 5.69 Å². The molecule has 0 saturated carbocycles. The molecule has 8 heteroatoms. The third-order valence-electron chi connectivity index (χ3n) is 7.22. The van der Waals surface area contributed by atoms with Crippen molar-refractivity contribution in [3.8, 4) is 0 Å². The number of nitrogens with zero attached hydrogens (tertiary/aromatic N) is 1. The molecule has 2 heterocycles. The van der Waals surface area contributed by atoms with E-state index in [1.54, 1.807) is 73.7 Å². The third kappa shape index (κ3) is 2.82. The average Bonchev–Trinajstić information content (AvgIpc) is 3.42. The van der Waals surface area contributed by atoms with Crippen molar-refractivity contribution in [1.82, 2.24) is 0 Å². The molecule has 0 aromatic heterocycles. The van der Waals surface area contributed by atoms with Crippen LogP contribution in [0.5, 0.6) is 0 Å².